The van der Waals surface area contributed by atoms with Gasteiger partial charge in [-0.2, -0.15) is 0 Å². The van der Waals surface area contributed by atoms with Gasteiger partial charge in [-0.3, -0.25) is 13.8 Å². The molecule has 64 heavy (non-hydrogen) atoms. The lowest BCUT2D eigenvalue weighted by atomic mass is 9.85. The Hall–Kier alpha value is -1.18. The predicted molar refractivity (Wildman–Crippen MR) is 258 cm³/mol. The molecule has 1 aliphatic carbocycles. The maximum absolute atomic E-state index is 12.9. The molecule has 0 aromatic rings. The molecule has 1 fully saturated rings. The van der Waals surface area contributed by atoms with Gasteiger partial charge in [0, 0.05) is 13.0 Å². The van der Waals surface area contributed by atoms with Crippen molar-refractivity contribution in [1.82, 2.24) is 0 Å². The highest BCUT2D eigenvalue weighted by Crippen LogP contribution is 2.47. The highest BCUT2D eigenvalue weighted by molar-refractivity contribution is 7.47. The molecule has 6 N–H and O–H groups in total. The van der Waals surface area contributed by atoms with Crippen LogP contribution in [0.15, 0.2) is 24.3 Å². The molecule has 1 rings (SSSR count). The average molecular weight is 933 g/mol. The Balaban J connectivity index is 2.33. The molecule has 0 amide bonds. The van der Waals surface area contributed by atoms with Crippen molar-refractivity contribution in [2.45, 2.75) is 275 Å². The molecule has 0 aliphatic heterocycles. The third kappa shape index (κ3) is 33.3. The third-order valence-corrected chi connectivity index (χ3v) is 13.3. The van der Waals surface area contributed by atoms with Gasteiger partial charge in [-0.25, -0.2) is 4.57 Å². The van der Waals surface area contributed by atoms with Gasteiger partial charge in [0.1, 0.15) is 42.7 Å². The van der Waals surface area contributed by atoms with E-state index >= 15 is 0 Å². The Bertz CT molecular complexity index is 1150. The zero-order valence-electron chi connectivity index (χ0n) is 40.6. The number of hydrogen-bond donors (Lipinski definition) is 6. The molecule has 6 unspecified atom stereocenters. The number of carbonyl (C=O) groups excluding carboxylic acids is 1. The van der Waals surface area contributed by atoms with E-state index in [1.165, 1.54) is 167 Å². The first-order valence-electron chi connectivity index (χ1n) is 26.2. The average Bonchev–Trinajstić information content (AvgIpc) is 3.28. The summed E-state index contributed by atoms with van der Waals surface area (Å²) in [6, 6.07) is 0. The van der Waals surface area contributed by atoms with Crippen molar-refractivity contribution in [2.24, 2.45) is 0 Å². The molecule has 0 radical (unpaired) electrons. The van der Waals surface area contributed by atoms with Crippen LogP contribution in [0, 0.1) is 0 Å². The number of rotatable bonds is 45. The Morgan fingerprint density at radius 1 is 0.484 bits per heavy atom. The van der Waals surface area contributed by atoms with E-state index in [1.807, 2.05) is 0 Å². The lowest BCUT2D eigenvalue weighted by molar-refractivity contribution is -0.220. The molecule has 13 heteroatoms. The van der Waals surface area contributed by atoms with E-state index in [4.69, 9.17) is 18.5 Å². The molecule has 0 aromatic carbocycles. The number of hydrogen-bond acceptors (Lipinski definition) is 11. The summed E-state index contributed by atoms with van der Waals surface area (Å²) in [6.07, 6.45) is 36.7. The van der Waals surface area contributed by atoms with Gasteiger partial charge in [0.05, 0.1) is 13.2 Å². The number of aliphatic hydroxyl groups is 5. The van der Waals surface area contributed by atoms with Gasteiger partial charge in [0.2, 0.25) is 0 Å². The van der Waals surface area contributed by atoms with Crippen LogP contribution < -0.4 is 0 Å². The van der Waals surface area contributed by atoms with Crippen LogP contribution in [0.25, 0.3) is 0 Å². The van der Waals surface area contributed by atoms with E-state index in [0.29, 0.717) is 13.0 Å². The predicted octanol–water partition coefficient (Wildman–Crippen LogP) is 11.7. The normalized spacial score (nSPS) is 21.8. The molecule has 1 aliphatic rings. The van der Waals surface area contributed by atoms with Crippen LogP contribution in [-0.4, -0.2) is 98.9 Å². The first kappa shape index (κ1) is 60.8. The summed E-state index contributed by atoms with van der Waals surface area (Å²) in [5.41, 5.74) is 0. The third-order valence-electron chi connectivity index (χ3n) is 12.3. The second-order valence-corrected chi connectivity index (χ2v) is 19.8. The lowest BCUT2D eigenvalue weighted by Crippen LogP contribution is -2.64. The van der Waals surface area contributed by atoms with E-state index in [-0.39, 0.29) is 13.0 Å². The maximum Gasteiger partial charge on any atom is 0.472 e. The summed E-state index contributed by atoms with van der Waals surface area (Å²) in [6.45, 7) is 4.28. The van der Waals surface area contributed by atoms with Crippen LogP contribution in [0.2, 0.25) is 0 Å². The van der Waals surface area contributed by atoms with E-state index in [1.54, 1.807) is 0 Å². The van der Waals surface area contributed by atoms with Crippen molar-refractivity contribution in [3.8, 4) is 0 Å². The zero-order valence-corrected chi connectivity index (χ0v) is 41.5. The van der Waals surface area contributed by atoms with Crippen molar-refractivity contribution in [2.75, 3.05) is 19.8 Å². The largest absolute Gasteiger partial charge is 0.472 e. The number of phosphoric acid groups is 1. The standard InChI is InChI=1S/C51H97O12P/c1-3-5-7-9-11-13-15-17-19-21-23-24-26-28-30-32-34-36-38-40-45(52)62-44(43-61-64(58,59)63-51-49(56)47(54)46(53)48(55)50(51)57)42-60-41-39-37-35-33-31-29-27-25-22-20-18-16-14-12-10-8-6-4-2/h17-20,44,46-51,53-57H,3-16,21-43H2,1-2H3,(H,58,59)/b19-17-,20-18-. The smallest absolute Gasteiger partial charge is 0.457 e. The molecule has 0 spiro atoms. The number of carbonyl (C=O) groups is 1. The molecule has 0 heterocycles. The summed E-state index contributed by atoms with van der Waals surface area (Å²) < 4.78 is 34.3. The fourth-order valence-corrected chi connectivity index (χ4v) is 9.08. The molecular weight excluding hydrogens is 836 g/mol. The minimum absolute atomic E-state index is 0.0765. The van der Waals surface area contributed by atoms with Gasteiger partial charge in [0.15, 0.2) is 0 Å². The summed E-state index contributed by atoms with van der Waals surface area (Å²) in [4.78, 5) is 23.2. The minimum atomic E-state index is -5.02. The fraction of sp³-hybridized carbons (Fsp3) is 0.902. The molecule has 1 saturated carbocycles. The number of unbranched alkanes of at least 4 members (excludes halogenated alkanes) is 29. The second-order valence-electron chi connectivity index (χ2n) is 18.4. The van der Waals surface area contributed by atoms with Gasteiger partial charge >= 0.3 is 13.8 Å². The molecule has 12 nitrogen and oxygen atoms in total. The molecule has 6 atom stereocenters. The van der Waals surface area contributed by atoms with E-state index < -0.39 is 63.1 Å². The SMILES string of the molecule is CCCCCCCC/C=C\CCCCCCCCCCCC(=O)OC(COCCCCCCCCCC/C=C\CCCCCCCC)COP(=O)(O)OC1C(O)C(O)C(O)C(O)C1O. The Labute approximate surface area is 390 Å². The van der Waals surface area contributed by atoms with E-state index in [2.05, 4.69) is 38.2 Å². The second kappa shape index (κ2) is 42.0. The number of esters is 1. The van der Waals surface area contributed by atoms with Crippen molar-refractivity contribution in [3.05, 3.63) is 24.3 Å². The van der Waals surface area contributed by atoms with Crippen LogP contribution in [0.5, 0.6) is 0 Å². The Morgan fingerprint density at radius 2 is 0.828 bits per heavy atom. The number of allylic oxidation sites excluding steroid dienone is 4. The molecule has 0 saturated heterocycles. The molecule has 0 bridgehead atoms. The van der Waals surface area contributed by atoms with Gasteiger partial charge in [0.25, 0.3) is 0 Å². The maximum atomic E-state index is 12.9. The molecule has 378 valence electrons. The summed E-state index contributed by atoms with van der Waals surface area (Å²) in [5.74, 6) is -0.477. The number of ether oxygens (including phenoxy) is 2. The number of aliphatic hydroxyl groups excluding tert-OH is 5. The quantitative estimate of drug-likeness (QED) is 0.0147. The highest BCUT2D eigenvalue weighted by atomic mass is 31.2. The monoisotopic (exact) mass is 933 g/mol. The van der Waals surface area contributed by atoms with Crippen molar-refractivity contribution >= 4 is 13.8 Å². The summed E-state index contributed by atoms with van der Waals surface area (Å²) >= 11 is 0. The van der Waals surface area contributed by atoms with Gasteiger partial charge in [-0.05, 0) is 64.2 Å². The van der Waals surface area contributed by atoms with Crippen LogP contribution in [0.1, 0.15) is 232 Å². The van der Waals surface area contributed by atoms with Gasteiger partial charge in [-0.15, -0.1) is 0 Å². The van der Waals surface area contributed by atoms with E-state index in [9.17, 15) is 39.8 Å². The van der Waals surface area contributed by atoms with Crippen molar-refractivity contribution in [1.29, 1.82) is 0 Å². The van der Waals surface area contributed by atoms with Crippen LogP contribution in [-0.2, 0) is 27.9 Å². The van der Waals surface area contributed by atoms with Crippen molar-refractivity contribution < 1.29 is 58.3 Å². The lowest BCUT2D eigenvalue weighted by Gasteiger charge is -2.41. The first-order chi connectivity index (χ1) is 31.0. The van der Waals surface area contributed by atoms with Gasteiger partial charge < -0.3 is 39.9 Å². The highest BCUT2D eigenvalue weighted by Gasteiger charge is 2.51. The zero-order chi connectivity index (χ0) is 46.9. The fourth-order valence-electron chi connectivity index (χ4n) is 8.11. The Morgan fingerprint density at radius 3 is 1.23 bits per heavy atom. The number of phosphoric ester groups is 1. The van der Waals surface area contributed by atoms with Crippen LogP contribution in [0.4, 0.5) is 0 Å². The van der Waals surface area contributed by atoms with Crippen molar-refractivity contribution in [3.63, 3.8) is 0 Å². The van der Waals surface area contributed by atoms with Crippen LogP contribution >= 0.6 is 7.82 Å². The molecular formula is C51H97O12P. The summed E-state index contributed by atoms with van der Waals surface area (Å²) in [7, 11) is -5.02. The van der Waals surface area contributed by atoms with Crippen LogP contribution in [0.3, 0.4) is 0 Å². The summed E-state index contributed by atoms with van der Waals surface area (Å²) in [5, 5.41) is 50.3. The molecule has 0 aromatic heterocycles. The van der Waals surface area contributed by atoms with E-state index in [0.717, 1.165) is 38.5 Å². The topological polar surface area (TPSA) is 192 Å². The minimum Gasteiger partial charge on any atom is -0.457 e. The Kier molecular flexibility index (Phi) is 39.9. The van der Waals surface area contributed by atoms with Gasteiger partial charge in [-0.1, -0.05) is 186 Å². The first-order valence-corrected chi connectivity index (χ1v) is 27.7.